The quantitative estimate of drug-likeness (QED) is 0.184. The summed E-state index contributed by atoms with van der Waals surface area (Å²) >= 11 is 0. The van der Waals surface area contributed by atoms with E-state index in [9.17, 15) is 74.3 Å². The van der Waals surface area contributed by atoms with E-state index < -0.39 is 83.3 Å². The van der Waals surface area contributed by atoms with Crippen LogP contribution in [-0.2, 0) is 10.1 Å². The standard InChI is InChI=1S/C12H11F15O3S.C2H7N/c13-6(14,4-2-1-3-5-7(15,16)17)8(18,19)9(20,21)10(22,23)11(24,25)12(26,27)31(28,29)30;1-3-2/h1-5H2,(H,28,29,30);3H,1-2H3. The normalized spacial score (nSPS) is 15.1. The summed E-state index contributed by atoms with van der Waals surface area (Å²) in [7, 11) is -3.89. The average molecular weight is 565 g/mol. The van der Waals surface area contributed by atoms with E-state index in [4.69, 9.17) is 4.55 Å². The second kappa shape index (κ2) is 10.8. The molecule has 0 heterocycles. The van der Waals surface area contributed by atoms with E-state index in [1.54, 1.807) is 0 Å². The first kappa shape index (κ1) is 35.0. The maximum absolute atomic E-state index is 13.4. The van der Waals surface area contributed by atoms with Gasteiger partial charge in [-0.05, 0) is 26.9 Å². The molecule has 0 aromatic heterocycles. The van der Waals surface area contributed by atoms with Gasteiger partial charge in [-0.15, -0.1) is 0 Å². The van der Waals surface area contributed by atoms with Crippen molar-refractivity contribution >= 4 is 10.1 Å². The minimum absolute atomic E-state index is 0.982. The SMILES string of the molecule is CNC.O=S(=O)(O)C(F)(F)C(F)(F)C(F)(F)C(F)(F)C(F)(F)C(F)(F)CCCCCC(F)(F)F. The molecule has 20 heteroatoms. The molecule has 0 saturated heterocycles. The van der Waals surface area contributed by atoms with Crippen molar-refractivity contribution in [1.29, 1.82) is 0 Å². The summed E-state index contributed by atoms with van der Waals surface area (Å²) in [6.07, 6.45) is -12.4. The lowest BCUT2D eigenvalue weighted by molar-refractivity contribution is -0.417. The summed E-state index contributed by atoms with van der Waals surface area (Å²) in [5, 5.41) is -4.77. The second-order valence-electron chi connectivity index (χ2n) is 6.67. The first-order valence-corrected chi connectivity index (χ1v) is 9.95. The molecular formula is C14H18F15NO3S. The Hall–Kier alpha value is -1.18. The van der Waals surface area contributed by atoms with Crippen LogP contribution in [0.15, 0.2) is 0 Å². The summed E-state index contributed by atoms with van der Waals surface area (Å²) < 4.78 is 223. The van der Waals surface area contributed by atoms with Crippen molar-refractivity contribution in [2.45, 2.75) is 73.1 Å². The van der Waals surface area contributed by atoms with Gasteiger partial charge in [0.15, 0.2) is 0 Å². The molecule has 208 valence electrons. The van der Waals surface area contributed by atoms with Crippen molar-refractivity contribution in [3.8, 4) is 0 Å². The lowest BCUT2D eigenvalue weighted by Gasteiger charge is -2.40. The van der Waals surface area contributed by atoms with Crippen molar-refractivity contribution in [1.82, 2.24) is 5.32 Å². The number of rotatable bonds is 11. The molecule has 0 atom stereocenters. The monoisotopic (exact) mass is 565 g/mol. The van der Waals surface area contributed by atoms with E-state index in [1.165, 1.54) is 0 Å². The van der Waals surface area contributed by atoms with Gasteiger partial charge in [0.25, 0.3) is 0 Å². The van der Waals surface area contributed by atoms with Crippen LogP contribution in [0.3, 0.4) is 0 Å². The molecule has 0 unspecified atom stereocenters. The highest BCUT2D eigenvalue weighted by atomic mass is 32.2. The van der Waals surface area contributed by atoms with Gasteiger partial charge in [-0.1, -0.05) is 6.42 Å². The van der Waals surface area contributed by atoms with Gasteiger partial charge < -0.3 is 5.32 Å². The van der Waals surface area contributed by atoms with Crippen molar-refractivity contribution in [2.75, 3.05) is 14.1 Å². The zero-order valence-corrected chi connectivity index (χ0v) is 17.7. The summed E-state index contributed by atoms with van der Waals surface area (Å²) in [6, 6.07) is 0. The van der Waals surface area contributed by atoms with Crippen LogP contribution in [-0.4, -0.2) is 68.1 Å². The molecule has 0 amide bonds. The molecule has 0 aliphatic heterocycles. The molecule has 2 N–H and O–H groups in total. The van der Waals surface area contributed by atoms with E-state index in [2.05, 4.69) is 5.32 Å². The van der Waals surface area contributed by atoms with E-state index in [1.807, 2.05) is 14.1 Å². The third-order valence-corrected chi connectivity index (χ3v) is 4.69. The largest absolute Gasteiger partial charge is 0.438 e. The van der Waals surface area contributed by atoms with E-state index in [0.717, 1.165) is 0 Å². The van der Waals surface area contributed by atoms with Gasteiger partial charge in [0.2, 0.25) is 0 Å². The van der Waals surface area contributed by atoms with Gasteiger partial charge >= 0.3 is 51.2 Å². The highest BCUT2D eigenvalue weighted by molar-refractivity contribution is 7.87. The van der Waals surface area contributed by atoms with Gasteiger partial charge in [-0.25, -0.2) is 0 Å². The second-order valence-corrected chi connectivity index (χ2v) is 8.13. The minimum Gasteiger partial charge on any atom is -0.323 e. The van der Waals surface area contributed by atoms with Gasteiger partial charge in [0, 0.05) is 12.8 Å². The highest BCUT2D eigenvalue weighted by Crippen LogP contribution is 2.61. The summed E-state index contributed by atoms with van der Waals surface area (Å²) in [5.74, 6) is -38.1. The van der Waals surface area contributed by atoms with E-state index in [0.29, 0.717) is 0 Å². The molecule has 0 radical (unpaired) electrons. The van der Waals surface area contributed by atoms with Gasteiger partial charge in [0.1, 0.15) is 0 Å². The molecule has 0 bridgehead atoms. The van der Waals surface area contributed by atoms with Crippen LogP contribution in [0.1, 0.15) is 32.1 Å². The zero-order valence-electron chi connectivity index (χ0n) is 16.9. The fourth-order valence-corrected chi connectivity index (χ4v) is 2.43. The van der Waals surface area contributed by atoms with Crippen LogP contribution in [0.2, 0.25) is 0 Å². The van der Waals surface area contributed by atoms with Crippen LogP contribution in [0.5, 0.6) is 0 Å². The summed E-state index contributed by atoms with van der Waals surface area (Å²) in [4.78, 5) is 0. The van der Waals surface area contributed by atoms with E-state index >= 15 is 0 Å². The third kappa shape index (κ3) is 6.94. The summed E-state index contributed by atoms with van der Waals surface area (Å²) in [6.45, 7) is 0. The molecule has 0 saturated carbocycles. The number of hydrogen-bond donors (Lipinski definition) is 2. The number of halogens is 15. The van der Waals surface area contributed by atoms with Crippen LogP contribution in [0.25, 0.3) is 0 Å². The first-order chi connectivity index (χ1) is 14.6. The van der Waals surface area contributed by atoms with Crippen molar-refractivity contribution in [3.63, 3.8) is 0 Å². The molecule has 0 rings (SSSR count). The predicted octanol–water partition coefficient (Wildman–Crippen LogP) is 5.99. The minimum atomic E-state index is -8.18. The molecule has 0 fully saturated rings. The number of hydrogen-bond acceptors (Lipinski definition) is 3. The van der Waals surface area contributed by atoms with Crippen LogP contribution >= 0.6 is 0 Å². The fourth-order valence-electron chi connectivity index (χ4n) is 1.98. The number of nitrogens with one attached hydrogen (secondary N) is 1. The number of alkyl halides is 15. The fraction of sp³-hybridized carbons (Fsp3) is 1.00. The Bertz CT molecular complexity index is 750. The Labute approximate surface area is 182 Å². The average Bonchev–Trinajstić information content (AvgIpc) is 2.59. The van der Waals surface area contributed by atoms with Crippen LogP contribution in [0, 0.1) is 0 Å². The van der Waals surface area contributed by atoms with E-state index in [-0.39, 0.29) is 0 Å². The lowest BCUT2D eigenvalue weighted by atomic mass is 9.91. The topological polar surface area (TPSA) is 66.4 Å². The molecular weight excluding hydrogens is 547 g/mol. The van der Waals surface area contributed by atoms with Crippen molar-refractivity contribution < 1.29 is 78.8 Å². The maximum atomic E-state index is 13.4. The molecule has 0 aliphatic carbocycles. The third-order valence-electron chi connectivity index (χ3n) is 3.78. The Morgan fingerprint density at radius 1 is 0.588 bits per heavy atom. The summed E-state index contributed by atoms with van der Waals surface area (Å²) in [5.41, 5.74) is 0. The molecule has 0 aliphatic rings. The first-order valence-electron chi connectivity index (χ1n) is 8.51. The molecule has 0 aromatic rings. The molecule has 0 spiro atoms. The Morgan fingerprint density at radius 3 is 1.24 bits per heavy atom. The zero-order chi connectivity index (χ0) is 28.2. The molecule has 34 heavy (non-hydrogen) atoms. The lowest BCUT2D eigenvalue weighted by Crippen LogP contribution is -2.71. The van der Waals surface area contributed by atoms with Gasteiger partial charge in [0.05, 0.1) is 0 Å². The van der Waals surface area contributed by atoms with Crippen molar-refractivity contribution in [2.24, 2.45) is 0 Å². The predicted molar refractivity (Wildman–Crippen MR) is 85.4 cm³/mol. The molecule has 4 nitrogen and oxygen atoms in total. The Balaban J connectivity index is 0. The maximum Gasteiger partial charge on any atom is 0.438 e. The highest BCUT2D eigenvalue weighted by Gasteiger charge is 2.91. The van der Waals surface area contributed by atoms with Gasteiger partial charge in [-0.3, -0.25) is 4.55 Å². The van der Waals surface area contributed by atoms with Crippen LogP contribution in [0.4, 0.5) is 65.9 Å². The number of unbranched alkanes of at least 4 members (excludes halogenated alkanes) is 2. The van der Waals surface area contributed by atoms with Crippen LogP contribution < -0.4 is 5.32 Å². The molecule has 0 aromatic carbocycles. The van der Waals surface area contributed by atoms with Crippen molar-refractivity contribution in [3.05, 3.63) is 0 Å². The van der Waals surface area contributed by atoms with Gasteiger partial charge in [-0.2, -0.15) is 74.3 Å². The smallest absolute Gasteiger partial charge is 0.323 e. The Morgan fingerprint density at radius 2 is 0.912 bits per heavy atom. The Kier molecular flexibility index (Phi) is 11.1.